The van der Waals surface area contributed by atoms with Gasteiger partial charge in [0.15, 0.2) is 0 Å². The van der Waals surface area contributed by atoms with E-state index >= 15 is 0 Å². The lowest BCUT2D eigenvalue weighted by atomic mass is 9.97. The van der Waals surface area contributed by atoms with Gasteiger partial charge in [-0.1, -0.05) is 65.8 Å². The molecule has 0 radical (unpaired) electrons. The van der Waals surface area contributed by atoms with Crippen LogP contribution < -0.4 is 5.43 Å². The van der Waals surface area contributed by atoms with Crippen molar-refractivity contribution in [2.75, 3.05) is 0 Å². The largest absolute Gasteiger partial charge is 0.460 e. The van der Waals surface area contributed by atoms with Gasteiger partial charge >= 0.3 is 0 Å². The van der Waals surface area contributed by atoms with Crippen LogP contribution in [0.5, 0.6) is 0 Å². The Hall–Kier alpha value is -2.87. The lowest BCUT2D eigenvalue weighted by Gasteiger charge is -2.11. The molecule has 0 bridgehead atoms. The molecular weight excluding hydrogens is 332 g/mol. The molecule has 138 valence electrons. The molecule has 1 aromatic heterocycles. The second-order valence-corrected chi connectivity index (χ2v) is 7.36. The molecule has 1 heterocycles. The molecule has 0 amide bonds. The van der Waals surface area contributed by atoms with Gasteiger partial charge in [-0.15, -0.1) is 0 Å². The van der Waals surface area contributed by atoms with Crippen LogP contribution in [-0.4, -0.2) is 0 Å². The van der Waals surface area contributed by atoms with Gasteiger partial charge in [0.1, 0.15) is 11.3 Å². The monoisotopic (exact) mass is 358 g/mol. The predicted molar refractivity (Wildman–Crippen MR) is 114 cm³/mol. The molecule has 0 N–H and O–H groups in total. The molecule has 0 spiro atoms. The molecule has 3 aromatic rings. The molecule has 0 aliphatic heterocycles. The van der Waals surface area contributed by atoms with E-state index in [-0.39, 0.29) is 5.43 Å². The summed E-state index contributed by atoms with van der Waals surface area (Å²) < 4.78 is 6.26. The Balaban J connectivity index is 2.31. The van der Waals surface area contributed by atoms with Crippen molar-refractivity contribution in [2.24, 2.45) is 0 Å². The Labute approximate surface area is 160 Å². The lowest BCUT2D eigenvalue weighted by Crippen LogP contribution is -2.11. The van der Waals surface area contributed by atoms with Gasteiger partial charge in [-0.05, 0) is 51.3 Å². The van der Waals surface area contributed by atoms with E-state index in [9.17, 15) is 4.79 Å². The van der Waals surface area contributed by atoms with Crippen molar-refractivity contribution in [1.82, 2.24) is 0 Å². The summed E-state index contributed by atoms with van der Waals surface area (Å²) in [5, 5.41) is 0.690. The Morgan fingerprint density at radius 2 is 1.52 bits per heavy atom. The van der Waals surface area contributed by atoms with Crippen molar-refractivity contribution in [1.29, 1.82) is 0 Å². The minimum absolute atomic E-state index is 0.0531. The molecule has 0 aliphatic carbocycles. The quantitative estimate of drug-likeness (QED) is 0.489. The molecule has 0 saturated heterocycles. The molecule has 0 fully saturated rings. The van der Waals surface area contributed by atoms with Gasteiger partial charge in [-0.25, -0.2) is 0 Å². The Bertz CT molecular complexity index is 1060. The van der Waals surface area contributed by atoms with Crippen LogP contribution in [0.3, 0.4) is 0 Å². The van der Waals surface area contributed by atoms with Gasteiger partial charge < -0.3 is 4.42 Å². The van der Waals surface area contributed by atoms with Gasteiger partial charge in [0, 0.05) is 6.42 Å². The smallest absolute Gasteiger partial charge is 0.201 e. The fourth-order valence-electron chi connectivity index (χ4n) is 3.18. The van der Waals surface area contributed by atoms with Crippen molar-refractivity contribution in [3.8, 4) is 11.1 Å². The first-order valence-electron chi connectivity index (χ1n) is 9.37. The molecule has 2 heteroatoms. The van der Waals surface area contributed by atoms with Crippen molar-refractivity contribution in [2.45, 2.75) is 40.5 Å². The summed E-state index contributed by atoms with van der Waals surface area (Å²) in [6.45, 7) is 8.25. The van der Waals surface area contributed by atoms with Gasteiger partial charge in [0.25, 0.3) is 0 Å². The first kappa shape index (κ1) is 18.9. The van der Waals surface area contributed by atoms with Crippen molar-refractivity contribution in [3.05, 3.63) is 93.4 Å². The third-order valence-electron chi connectivity index (χ3n) is 4.57. The lowest BCUT2D eigenvalue weighted by molar-refractivity contribution is 0.553. The van der Waals surface area contributed by atoms with Crippen LogP contribution in [-0.2, 0) is 12.8 Å². The Kier molecular flexibility index (Phi) is 5.75. The normalized spacial score (nSPS) is 10.7. The number of benzene rings is 2. The maximum Gasteiger partial charge on any atom is 0.201 e. The molecule has 0 atom stereocenters. The highest BCUT2D eigenvalue weighted by Gasteiger charge is 2.17. The molecule has 0 unspecified atom stereocenters. The maximum atomic E-state index is 13.6. The molecule has 2 nitrogen and oxygen atoms in total. The van der Waals surface area contributed by atoms with Gasteiger partial charge in [0.2, 0.25) is 5.43 Å². The van der Waals surface area contributed by atoms with Crippen LogP contribution in [0.15, 0.2) is 81.0 Å². The number of allylic oxidation sites excluding steroid dienone is 4. The summed E-state index contributed by atoms with van der Waals surface area (Å²) in [6.07, 6.45) is 5.58. The van der Waals surface area contributed by atoms with Crippen molar-refractivity contribution < 1.29 is 4.42 Å². The van der Waals surface area contributed by atoms with E-state index in [4.69, 9.17) is 4.42 Å². The first-order chi connectivity index (χ1) is 13.0. The zero-order valence-electron chi connectivity index (χ0n) is 16.5. The van der Waals surface area contributed by atoms with Crippen LogP contribution in [0, 0.1) is 0 Å². The average Bonchev–Trinajstić information content (AvgIpc) is 2.65. The molecule has 27 heavy (non-hydrogen) atoms. The van der Waals surface area contributed by atoms with Crippen molar-refractivity contribution >= 4 is 11.0 Å². The van der Waals surface area contributed by atoms with E-state index in [1.54, 1.807) is 0 Å². The first-order valence-corrected chi connectivity index (χ1v) is 9.37. The summed E-state index contributed by atoms with van der Waals surface area (Å²) in [7, 11) is 0. The molecule has 0 saturated carbocycles. The number of hydrogen-bond acceptors (Lipinski definition) is 2. The van der Waals surface area contributed by atoms with Crippen LogP contribution >= 0.6 is 0 Å². The highest BCUT2D eigenvalue weighted by Crippen LogP contribution is 2.27. The van der Waals surface area contributed by atoms with Crippen LogP contribution in [0.2, 0.25) is 0 Å². The van der Waals surface area contributed by atoms with Gasteiger partial charge in [-0.3, -0.25) is 4.79 Å². The van der Waals surface area contributed by atoms with E-state index in [1.807, 2.05) is 48.5 Å². The summed E-state index contributed by atoms with van der Waals surface area (Å²) in [6, 6.07) is 15.7. The standard InChI is InChI=1S/C25H26O2/c1-17(2)13-15-20-11-8-12-21-24(20)25(26)23(19-9-6-5-7-10-19)22(27-21)16-14-18(3)4/h5-14H,15-16H2,1-4H3. The number of hydrogen-bond donors (Lipinski definition) is 0. The minimum atomic E-state index is 0.0531. The minimum Gasteiger partial charge on any atom is -0.460 e. The van der Waals surface area contributed by atoms with Gasteiger partial charge in [0.05, 0.1) is 10.9 Å². The van der Waals surface area contributed by atoms with Crippen LogP contribution in [0.4, 0.5) is 0 Å². The summed E-state index contributed by atoms with van der Waals surface area (Å²) >= 11 is 0. The van der Waals surface area contributed by atoms with Crippen LogP contribution in [0.1, 0.15) is 39.0 Å². The van der Waals surface area contributed by atoms with E-state index < -0.39 is 0 Å². The second kappa shape index (κ2) is 8.22. The van der Waals surface area contributed by atoms with Crippen LogP contribution in [0.25, 0.3) is 22.1 Å². The zero-order valence-corrected chi connectivity index (χ0v) is 16.5. The molecule has 3 rings (SSSR count). The van der Waals surface area contributed by atoms with Crippen molar-refractivity contribution in [3.63, 3.8) is 0 Å². The summed E-state index contributed by atoms with van der Waals surface area (Å²) in [5.41, 5.74) is 5.74. The summed E-state index contributed by atoms with van der Waals surface area (Å²) in [4.78, 5) is 13.6. The Morgan fingerprint density at radius 3 is 2.19 bits per heavy atom. The number of fused-ring (bicyclic) bond motifs is 1. The van der Waals surface area contributed by atoms with E-state index in [0.717, 1.165) is 23.3 Å². The second-order valence-electron chi connectivity index (χ2n) is 7.36. The fourth-order valence-corrected chi connectivity index (χ4v) is 3.18. The maximum absolute atomic E-state index is 13.6. The molecule has 2 aromatic carbocycles. The third kappa shape index (κ3) is 4.28. The summed E-state index contributed by atoms with van der Waals surface area (Å²) in [5.74, 6) is 0.722. The Morgan fingerprint density at radius 1 is 0.852 bits per heavy atom. The topological polar surface area (TPSA) is 30.2 Å². The third-order valence-corrected chi connectivity index (χ3v) is 4.57. The fraction of sp³-hybridized carbons (Fsp3) is 0.240. The predicted octanol–water partition coefficient (Wildman–Crippen LogP) is 6.48. The highest BCUT2D eigenvalue weighted by molar-refractivity contribution is 5.86. The molecular formula is C25H26O2. The highest BCUT2D eigenvalue weighted by atomic mass is 16.3. The van der Waals surface area contributed by atoms with E-state index in [1.165, 1.54) is 11.1 Å². The number of rotatable bonds is 5. The average molecular weight is 358 g/mol. The SMILES string of the molecule is CC(C)=CCc1oc2cccc(CC=C(C)C)c2c(=O)c1-c1ccccc1. The van der Waals surface area contributed by atoms with E-state index in [2.05, 4.69) is 39.8 Å². The van der Waals surface area contributed by atoms with Gasteiger partial charge in [-0.2, -0.15) is 0 Å². The molecule has 0 aliphatic rings. The van der Waals surface area contributed by atoms with E-state index in [0.29, 0.717) is 23.0 Å². The zero-order chi connectivity index (χ0) is 19.4.